The molecule has 36 heavy (non-hydrogen) atoms. The third-order valence-corrected chi connectivity index (χ3v) is 7.31. The number of hydrogen-bond donors (Lipinski definition) is 1. The Labute approximate surface area is 226 Å². The first kappa shape index (κ1) is 26.3. The summed E-state index contributed by atoms with van der Waals surface area (Å²) in [5.74, 6) is 1.70. The Kier molecular flexibility index (Phi) is 9.45. The molecule has 4 aromatic rings. The van der Waals surface area contributed by atoms with Crippen LogP contribution in [-0.2, 0) is 17.6 Å². The minimum atomic E-state index is 0.0328. The largest absolute Gasteiger partial charge is 0.356 e. The zero-order valence-corrected chi connectivity index (χ0v) is 22.4. The molecule has 4 rings (SSSR count). The Morgan fingerprint density at radius 1 is 1.00 bits per heavy atom. The van der Waals surface area contributed by atoms with Crippen molar-refractivity contribution in [2.75, 3.05) is 12.3 Å². The van der Waals surface area contributed by atoms with Gasteiger partial charge in [-0.1, -0.05) is 89.1 Å². The van der Waals surface area contributed by atoms with Crippen molar-refractivity contribution in [2.45, 2.75) is 37.8 Å². The van der Waals surface area contributed by atoms with E-state index < -0.39 is 0 Å². The fraction of sp³-hybridized carbons (Fsp3) is 0.250. The molecule has 1 amide bonds. The van der Waals surface area contributed by atoms with Crippen molar-refractivity contribution in [3.63, 3.8) is 0 Å². The van der Waals surface area contributed by atoms with E-state index in [1.54, 1.807) is 17.8 Å². The van der Waals surface area contributed by atoms with Gasteiger partial charge in [-0.3, -0.25) is 9.36 Å². The number of nitrogens with one attached hydrogen (secondary N) is 1. The molecule has 0 unspecified atom stereocenters. The number of hydrogen-bond acceptors (Lipinski definition) is 4. The molecule has 0 saturated carbocycles. The molecule has 3 aromatic carbocycles. The van der Waals surface area contributed by atoms with Crippen molar-refractivity contribution in [1.29, 1.82) is 0 Å². The number of carbonyl (C=O) groups is 1. The second kappa shape index (κ2) is 12.9. The Balaban J connectivity index is 1.31. The quantitative estimate of drug-likeness (QED) is 0.170. The van der Waals surface area contributed by atoms with Crippen LogP contribution in [0.5, 0.6) is 0 Å². The first-order valence-corrected chi connectivity index (χ1v) is 13.6. The van der Waals surface area contributed by atoms with Crippen LogP contribution in [0.1, 0.15) is 35.4 Å². The smallest absolute Gasteiger partial charge is 0.220 e. The van der Waals surface area contributed by atoms with Gasteiger partial charge in [-0.05, 0) is 55.2 Å². The Hall–Kier alpha value is -2.80. The molecule has 1 heterocycles. The van der Waals surface area contributed by atoms with Crippen LogP contribution in [0.4, 0.5) is 0 Å². The zero-order chi connectivity index (χ0) is 25.3. The molecule has 0 spiro atoms. The lowest BCUT2D eigenvalue weighted by Gasteiger charge is -2.11. The average Bonchev–Trinajstić information content (AvgIpc) is 3.26. The van der Waals surface area contributed by atoms with E-state index in [-0.39, 0.29) is 5.91 Å². The van der Waals surface area contributed by atoms with E-state index in [1.165, 1.54) is 11.1 Å². The third kappa shape index (κ3) is 7.36. The maximum absolute atomic E-state index is 12.3. The highest BCUT2D eigenvalue weighted by Crippen LogP contribution is 2.25. The van der Waals surface area contributed by atoms with Crippen LogP contribution in [-0.4, -0.2) is 33.0 Å². The molecule has 0 saturated heterocycles. The van der Waals surface area contributed by atoms with Crippen LogP contribution in [0.25, 0.3) is 5.69 Å². The van der Waals surface area contributed by atoms with E-state index in [0.717, 1.165) is 34.4 Å². The summed E-state index contributed by atoms with van der Waals surface area (Å²) in [4.78, 5) is 12.3. The number of aryl methyl sites for hydroxylation is 1. The minimum Gasteiger partial charge on any atom is -0.356 e. The van der Waals surface area contributed by atoms with Crippen LogP contribution in [0.3, 0.4) is 0 Å². The van der Waals surface area contributed by atoms with Crippen LogP contribution < -0.4 is 5.32 Å². The van der Waals surface area contributed by atoms with Crippen molar-refractivity contribution in [2.24, 2.45) is 0 Å². The fourth-order valence-corrected chi connectivity index (χ4v) is 5.20. The Bertz CT molecular complexity index is 1290. The Morgan fingerprint density at radius 2 is 1.78 bits per heavy atom. The summed E-state index contributed by atoms with van der Waals surface area (Å²) in [6, 6.07) is 24.1. The van der Waals surface area contributed by atoms with Crippen LogP contribution in [0.2, 0.25) is 10.0 Å². The minimum absolute atomic E-state index is 0.0328. The van der Waals surface area contributed by atoms with E-state index in [4.69, 9.17) is 23.2 Å². The number of carbonyl (C=O) groups excluding carboxylic acids is 1. The van der Waals surface area contributed by atoms with Crippen LogP contribution in [0.15, 0.2) is 78.0 Å². The maximum Gasteiger partial charge on any atom is 0.220 e. The first-order chi connectivity index (χ1) is 17.5. The summed E-state index contributed by atoms with van der Waals surface area (Å²) in [6.07, 6.45) is 2.56. The summed E-state index contributed by atoms with van der Waals surface area (Å²) in [7, 11) is 0. The van der Waals surface area contributed by atoms with E-state index in [2.05, 4.69) is 63.4 Å². The third-order valence-electron chi connectivity index (χ3n) is 5.71. The van der Waals surface area contributed by atoms with Crippen LogP contribution >= 0.6 is 35.0 Å². The summed E-state index contributed by atoms with van der Waals surface area (Å²) >= 11 is 13.8. The molecule has 0 bridgehead atoms. The molecular formula is C28H28Cl2N4OS. The molecule has 1 aromatic heterocycles. The monoisotopic (exact) mass is 538 g/mol. The molecule has 5 nitrogen and oxygen atoms in total. The number of nitrogens with zero attached hydrogens (tertiary/aromatic N) is 3. The van der Waals surface area contributed by atoms with Gasteiger partial charge >= 0.3 is 0 Å². The lowest BCUT2D eigenvalue weighted by atomic mass is 10.1. The van der Waals surface area contributed by atoms with E-state index in [1.807, 2.05) is 30.3 Å². The van der Waals surface area contributed by atoms with Gasteiger partial charge in [0.15, 0.2) is 5.16 Å². The number of aromatic nitrogens is 3. The van der Waals surface area contributed by atoms with Gasteiger partial charge in [-0.2, -0.15) is 0 Å². The lowest BCUT2D eigenvalue weighted by Crippen LogP contribution is -2.25. The second-order valence-electron chi connectivity index (χ2n) is 8.52. The zero-order valence-electron chi connectivity index (χ0n) is 20.1. The predicted molar refractivity (Wildman–Crippen MR) is 148 cm³/mol. The SMILES string of the molecule is Cc1ccc(-n2c(Cc3ccccc3)nnc2SCCCC(=O)NCCc2ccc(Cl)cc2Cl)cc1. The topological polar surface area (TPSA) is 59.8 Å². The number of amides is 1. The first-order valence-electron chi connectivity index (χ1n) is 11.9. The normalized spacial score (nSPS) is 11.0. The number of rotatable bonds is 11. The molecule has 0 radical (unpaired) electrons. The molecule has 8 heteroatoms. The average molecular weight is 540 g/mol. The molecule has 186 valence electrons. The van der Waals surface area contributed by atoms with E-state index in [0.29, 0.717) is 35.9 Å². The van der Waals surface area contributed by atoms with E-state index in [9.17, 15) is 4.79 Å². The summed E-state index contributed by atoms with van der Waals surface area (Å²) in [5, 5.41) is 14.0. The highest BCUT2D eigenvalue weighted by molar-refractivity contribution is 7.99. The van der Waals surface area contributed by atoms with Gasteiger partial charge in [-0.15, -0.1) is 10.2 Å². The summed E-state index contributed by atoms with van der Waals surface area (Å²) in [6.45, 7) is 2.61. The molecular weight excluding hydrogens is 511 g/mol. The van der Waals surface area contributed by atoms with Gasteiger partial charge in [0.05, 0.1) is 0 Å². The van der Waals surface area contributed by atoms with Gasteiger partial charge < -0.3 is 5.32 Å². The number of thioether (sulfide) groups is 1. The number of halogens is 2. The highest BCUT2D eigenvalue weighted by atomic mass is 35.5. The van der Waals surface area contributed by atoms with Crippen molar-refractivity contribution in [3.05, 3.63) is 105 Å². The van der Waals surface area contributed by atoms with Crippen molar-refractivity contribution in [1.82, 2.24) is 20.1 Å². The van der Waals surface area contributed by atoms with Crippen LogP contribution in [0, 0.1) is 6.92 Å². The molecule has 0 aliphatic heterocycles. The molecule has 0 aliphatic rings. The molecule has 0 aliphatic carbocycles. The fourth-order valence-electron chi connectivity index (χ4n) is 3.79. The standard InChI is InChI=1S/C28H28Cl2N4OS/c1-20-9-13-24(14-10-20)34-26(18-21-6-3-2-4-7-21)32-33-28(34)36-17-5-8-27(35)31-16-15-22-11-12-23(29)19-25(22)30/h2-4,6-7,9-14,19H,5,8,15-18H2,1H3,(H,31,35). The molecule has 0 fully saturated rings. The van der Waals surface area contributed by atoms with Gasteiger partial charge in [0.1, 0.15) is 5.82 Å². The number of benzene rings is 3. The van der Waals surface area contributed by atoms with Gasteiger partial charge in [0, 0.05) is 40.9 Å². The lowest BCUT2D eigenvalue weighted by molar-refractivity contribution is -0.121. The second-order valence-corrected chi connectivity index (χ2v) is 10.4. The van der Waals surface area contributed by atoms with E-state index >= 15 is 0 Å². The van der Waals surface area contributed by atoms with Crippen molar-refractivity contribution >= 4 is 40.9 Å². The Morgan fingerprint density at radius 3 is 2.53 bits per heavy atom. The highest BCUT2D eigenvalue weighted by Gasteiger charge is 2.15. The van der Waals surface area contributed by atoms with Gasteiger partial charge in [0.2, 0.25) is 5.91 Å². The van der Waals surface area contributed by atoms with Crippen molar-refractivity contribution in [3.8, 4) is 5.69 Å². The predicted octanol–water partition coefficient (Wildman–Crippen LogP) is 6.70. The summed E-state index contributed by atoms with van der Waals surface area (Å²) < 4.78 is 2.12. The van der Waals surface area contributed by atoms with Gasteiger partial charge in [-0.25, -0.2) is 0 Å². The maximum atomic E-state index is 12.3. The van der Waals surface area contributed by atoms with Gasteiger partial charge in [0.25, 0.3) is 0 Å². The summed E-state index contributed by atoms with van der Waals surface area (Å²) in [5.41, 5.74) is 4.40. The van der Waals surface area contributed by atoms with Crippen molar-refractivity contribution < 1.29 is 4.79 Å². The molecule has 0 atom stereocenters. The molecule has 1 N–H and O–H groups in total.